The summed E-state index contributed by atoms with van der Waals surface area (Å²) in [5.74, 6) is -0.911. The Balaban J connectivity index is 1.77. The molecule has 1 saturated carbocycles. The van der Waals surface area contributed by atoms with E-state index in [0.29, 0.717) is 11.5 Å². The fraction of sp³-hybridized carbons (Fsp3) is 0.353. The Hall–Kier alpha value is -2.70. The van der Waals surface area contributed by atoms with E-state index in [-0.39, 0.29) is 22.9 Å². The summed E-state index contributed by atoms with van der Waals surface area (Å²) in [5.41, 5.74) is 0.444. The second-order valence-electron chi connectivity index (χ2n) is 6.61. The first-order valence-electron chi connectivity index (χ1n) is 7.74. The number of carbonyl (C=O) groups is 1. The highest BCUT2D eigenvalue weighted by molar-refractivity contribution is 5.95. The van der Waals surface area contributed by atoms with E-state index in [1.54, 1.807) is 6.07 Å². The van der Waals surface area contributed by atoms with Gasteiger partial charge in [-0.05, 0) is 36.5 Å². The highest BCUT2D eigenvalue weighted by Gasteiger charge is 2.39. The lowest BCUT2D eigenvalue weighted by Crippen LogP contribution is -2.52. The normalized spacial score (nSPS) is 18.5. The average Bonchev–Trinajstić information content (AvgIpc) is 2.53. The van der Waals surface area contributed by atoms with Crippen LogP contribution in [0, 0.1) is 11.4 Å². The molecule has 1 amide bonds. The average molecular weight is 330 g/mol. The minimum atomic E-state index is -0.621. The summed E-state index contributed by atoms with van der Waals surface area (Å²) in [6.45, 7) is 4.18. The number of pyridine rings is 2. The third kappa shape index (κ3) is 3.29. The highest BCUT2D eigenvalue weighted by atomic mass is 19.1. The molecule has 3 N–H and O–H groups in total. The number of amides is 1. The lowest BCUT2D eigenvalue weighted by molar-refractivity contribution is 0.0725. The zero-order valence-corrected chi connectivity index (χ0v) is 13.5. The number of nitrogens with one attached hydrogen (secondary N) is 2. The van der Waals surface area contributed by atoms with Crippen molar-refractivity contribution < 1.29 is 14.3 Å². The summed E-state index contributed by atoms with van der Waals surface area (Å²) in [4.78, 5) is 20.0. The van der Waals surface area contributed by atoms with Crippen LogP contribution in [0.2, 0.25) is 0 Å². The van der Waals surface area contributed by atoms with Gasteiger partial charge < -0.3 is 15.7 Å². The molecule has 0 bridgehead atoms. The molecule has 6 nitrogen and oxygen atoms in total. The minimum absolute atomic E-state index is 0.0513. The number of halogens is 1. The molecule has 1 aliphatic carbocycles. The van der Waals surface area contributed by atoms with Crippen molar-refractivity contribution in [3.8, 4) is 5.75 Å². The van der Waals surface area contributed by atoms with Gasteiger partial charge in [-0.25, -0.2) is 9.97 Å². The highest BCUT2D eigenvalue weighted by Crippen LogP contribution is 2.40. The molecule has 0 aromatic carbocycles. The van der Waals surface area contributed by atoms with Gasteiger partial charge in [-0.15, -0.1) is 0 Å². The number of anilines is 2. The molecular weight excluding hydrogens is 311 g/mol. The molecule has 1 aliphatic rings. The van der Waals surface area contributed by atoms with Crippen LogP contribution in [0.4, 0.5) is 15.9 Å². The standard InChI is InChI=1S/C17H19FN4O2/c1-17(2)7-5-12(17)21-16(24)15-11(23)3-4-14(22-15)20-10-6-8-19-13(18)9-10/h3-4,6,8-9,12,23H,5,7H2,1-2H3,(H,21,24)(H,19,20,22). The predicted octanol–water partition coefficient (Wildman–Crippen LogP) is 2.98. The first kappa shape index (κ1) is 16.2. The molecule has 2 heterocycles. The summed E-state index contributed by atoms with van der Waals surface area (Å²) in [7, 11) is 0. The summed E-state index contributed by atoms with van der Waals surface area (Å²) in [6.07, 6.45) is 3.28. The zero-order chi connectivity index (χ0) is 17.3. The van der Waals surface area contributed by atoms with Gasteiger partial charge in [-0.1, -0.05) is 13.8 Å². The Morgan fingerprint density at radius 1 is 1.38 bits per heavy atom. The maximum atomic E-state index is 13.1. The topological polar surface area (TPSA) is 87.1 Å². The lowest BCUT2D eigenvalue weighted by Gasteiger charge is -2.44. The number of hydrogen-bond acceptors (Lipinski definition) is 5. The van der Waals surface area contributed by atoms with Gasteiger partial charge >= 0.3 is 0 Å². The molecule has 7 heteroatoms. The van der Waals surface area contributed by atoms with Gasteiger partial charge in [0.15, 0.2) is 5.69 Å². The van der Waals surface area contributed by atoms with Crippen molar-refractivity contribution in [3.05, 3.63) is 42.1 Å². The van der Waals surface area contributed by atoms with E-state index in [4.69, 9.17) is 0 Å². The second-order valence-corrected chi connectivity index (χ2v) is 6.61. The number of aromatic nitrogens is 2. The van der Waals surface area contributed by atoms with Gasteiger partial charge in [0.05, 0.1) is 0 Å². The fourth-order valence-electron chi connectivity index (χ4n) is 2.68. The number of rotatable bonds is 4. The van der Waals surface area contributed by atoms with Gasteiger partial charge in [0, 0.05) is 24.0 Å². The molecule has 0 saturated heterocycles. The van der Waals surface area contributed by atoms with Gasteiger partial charge in [0.25, 0.3) is 5.91 Å². The minimum Gasteiger partial charge on any atom is -0.505 e. The monoisotopic (exact) mass is 330 g/mol. The molecule has 1 atom stereocenters. The van der Waals surface area contributed by atoms with Crippen molar-refractivity contribution in [2.45, 2.75) is 32.7 Å². The molecule has 2 aromatic heterocycles. The maximum absolute atomic E-state index is 13.1. The Morgan fingerprint density at radius 3 is 2.79 bits per heavy atom. The molecule has 1 unspecified atom stereocenters. The number of carbonyl (C=O) groups excluding carboxylic acids is 1. The smallest absolute Gasteiger partial charge is 0.274 e. The summed E-state index contributed by atoms with van der Waals surface area (Å²) in [6, 6.07) is 5.75. The van der Waals surface area contributed by atoms with E-state index in [9.17, 15) is 14.3 Å². The van der Waals surface area contributed by atoms with Crippen LogP contribution >= 0.6 is 0 Å². The van der Waals surface area contributed by atoms with Crippen LogP contribution < -0.4 is 10.6 Å². The Kier molecular flexibility index (Phi) is 4.09. The Morgan fingerprint density at radius 2 is 2.17 bits per heavy atom. The van der Waals surface area contributed by atoms with Gasteiger partial charge in [-0.2, -0.15) is 4.39 Å². The van der Waals surface area contributed by atoms with E-state index in [2.05, 4.69) is 34.4 Å². The second kappa shape index (κ2) is 6.07. The zero-order valence-electron chi connectivity index (χ0n) is 13.5. The van der Waals surface area contributed by atoms with Crippen molar-refractivity contribution in [1.29, 1.82) is 0 Å². The van der Waals surface area contributed by atoms with Crippen LogP contribution in [0.3, 0.4) is 0 Å². The van der Waals surface area contributed by atoms with E-state index in [0.717, 1.165) is 12.8 Å². The first-order chi connectivity index (χ1) is 11.3. The van der Waals surface area contributed by atoms with Crippen LogP contribution in [-0.2, 0) is 0 Å². The van der Waals surface area contributed by atoms with E-state index >= 15 is 0 Å². The number of aromatic hydroxyl groups is 1. The third-order valence-corrected chi connectivity index (χ3v) is 4.41. The van der Waals surface area contributed by atoms with Gasteiger partial charge in [0.2, 0.25) is 5.95 Å². The molecular formula is C17H19FN4O2. The van der Waals surface area contributed by atoms with E-state index < -0.39 is 11.9 Å². The van der Waals surface area contributed by atoms with Crippen molar-refractivity contribution in [2.24, 2.45) is 5.41 Å². The van der Waals surface area contributed by atoms with Crippen molar-refractivity contribution in [2.75, 3.05) is 5.32 Å². The van der Waals surface area contributed by atoms with Crippen LogP contribution in [0.25, 0.3) is 0 Å². The van der Waals surface area contributed by atoms with Gasteiger partial charge in [0.1, 0.15) is 11.6 Å². The Labute approximate surface area is 139 Å². The van der Waals surface area contributed by atoms with E-state index in [1.165, 1.54) is 24.4 Å². The number of nitrogens with zero attached hydrogens (tertiary/aromatic N) is 2. The first-order valence-corrected chi connectivity index (χ1v) is 7.74. The van der Waals surface area contributed by atoms with Crippen molar-refractivity contribution in [1.82, 2.24) is 15.3 Å². The fourth-order valence-corrected chi connectivity index (χ4v) is 2.68. The lowest BCUT2D eigenvalue weighted by atomic mass is 9.67. The summed E-state index contributed by atoms with van der Waals surface area (Å²) < 4.78 is 13.1. The molecule has 1 fully saturated rings. The maximum Gasteiger partial charge on any atom is 0.274 e. The SMILES string of the molecule is CC1(C)CCC1NC(=O)c1nc(Nc2ccnc(F)c2)ccc1O. The molecule has 24 heavy (non-hydrogen) atoms. The third-order valence-electron chi connectivity index (χ3n) is 4.41. The van der Waals surface area contributed by atoms with Crippen LogP contribution in [0.15, 0.2) is 30.5 Å². The van der Waals surface area contributed by atoms with Gasteiger partial charge in [-0.3, -0.25) is 4.79 Å². The van der Waals surface area contributed by atoms with Crippen molar-refractivity contribution in [3.63, 3.8) is 0 Å². The summed E-state index contributed by atoms with van der Waals surface area (Å²) in [5, 5.41) is 15.7. The number of hydrogen-bond donors (Lipinski definition) is 3. The van der Waals surface area contributed by atoms with E-state index in [1.807, 2.05) is 0 Å². The quantitative estimate of drug-likeness (QED) is 0.750. The molecule has 0 radical (unpaired) electrons. The predicted molar refractivity (Wildman–Crippen MR) is 87.6 cm³/mol. The molecule has 2 aromatic rings. The molecule has 3 rings (SSSR count). The van der Waals surface area contributed by atoms with Crippen molar-refractivity contribution >= 4 is 17.4 Å². The van der Waals surface area contributed by atoms with Crippen LogP contribution in [-0.4, -0.2) is 27.0 Å². The van der Waals surface area contributed by atoms with Crippen LogP contribution in [0.1, 0.15) is 37.2 Å². The molecule has 126 valence electrons. The Bertz CT molecular complexity index is 779. The summed E-state index contributed by atoms with van der Waals surface area (Å²) >= 11 is 0. The largest absolute Gasteiger partial charge is 0.505 e. The molecule has 0 aliphatic heterocycles. The molecule has 0 spiro atoms. The van der Waals surface area contributed by atoms with Crippen LogP contribution in [0.5, 0.6) is 5.75 Å².